The van der Waals surface area contributed by atoms with E-state index in [2.05, 4.69) is 5.10 Å². The van der Waals surface area contributed by atoms with Crippen LogP contribution < -0.4 is 0 Å². The molecule has 1 heterocycles. The van der Waals surface area contributed by atoms with Crippen molar-refractivity contribution in [1.29, 1.82) is 5.26 Å². The fourth-order valence-corrected chi connectivity index (χ4v) is 5.51. The summed E-state index contributed by atoms with van der Waals surface area (Å²) in [5, 5.41) is 24.6. The lowest BCUT2D eigenvalue weighted by Gasteiger charge is -2.31. The lowest BCUT2D eigenvalue weighted by Crippen LogP contribution is -2.17. The summed E-state index contributed by atoms with van der Waals surface area (Å²) in [7, 11) is 1.80. The Morgan fingerprint density at radius 3 is 2.62 bits per heavy atom. The average Bonchev–Trinajstić information content (AvgIpc) is 3.26. The normalized spacial score (nSPS) is 24.2. The number of hydrogen-bond acceptors (Lipinski definition) is 3. The van der Waals surface area contributed by atoms with Gasteiger partial charge in [0.05, 0.1) is 23.5 Å². The largest absolute Gasteiger partial charge is 0.385 e. The van der Waals surface area contributed by atoms with Crippen LogP contribution >= 0.6 is 0 Å². The molecule has 3 aromatic rings. The monoisotopic (exact) mass is 437 g/mol. The highest BCUT2D eigenvalue weighted by Crippen LogP contribution is 2.50. The van der Waals surface area contributed by atoms with Crippen molar-refractivity contribution in [3.63, 3.8) is 0 Å². The van der Waals surface area contributed by atoms with E-state index in [1.807, 2.05) is 25.1 Å². The summed E-state index contributed by atoms with van der Waals surface area (Å²) in [5.41, 5.74) is 5.14. The lowest BCUT2D eigenvalue weighted by molar-refractivity contribution is 0.0929. The first-order valence-electron chi connectivity index (χ1n) is 10.7. The van der Waals surface area contributed by atoms with Gasteiger partial charge in [-0.3, -0.25) is 4.68 Å². The van der Waals surface area contributed by atoms with Crippen LogP contribution in [-0.2, 0) is 13.5 Å². The van der Waals surface area contributed by atoms with E-state index in [0.29, 0.717) is 28.7 Å². The minimum Gasteiger partial charge on any atom is -0.385 e. The fourth-order valence-electron chi connectivity index (χ4n) is 5.51. The smallest absolute Gasteiger partial charge is 0.134 e. The number of benzene rings is 2. The SMILES string of the molecule is Cc1cnn(C)c1-c1ccc([C@H]2CC[C@H](F)c3cc(F)cc(C#N)c32)c2c1[C@H](O)[C@H](F)C2. The molecule has 0 fully saturated rings. The lowest BCUT2D eigenvalue weighted by atomic mass is 9.74. The summed E-state index contributed by atoms with van der Waals surface area (Å²) in [6.07, 6.45) is -1.74. The minimum atomic E-state index is -1.46. The topological polar surface area (TPSA) is 61.8 Å². The predicted molar refractivity (Wildman–Crippen MR) is 113 cm³/mol. The molecule has 0 aliphatic heterocycles. The molecule has 0 amide bonds. The molecule has 2 aliphatic rings. The van der Waals surface area contributed by atoms with Crippen LogP contribution in [-0.4, -0.2) is 21.1 Å². The first-order chi connectivity index (χ1) is 15.3. The number of nitrogens with zero attached hydrogens (tertiary/aromatic N) is 3. The predicted octanol–water partition coefficient (Wildman–Crippen LogP) is 5.27. The van der Waals surface area contributed by atoms with Gasteiger partial charge in [0, 0.05) is 24.9 Å². The molecule has 2 aliphatic carbocycles. The van der Waals surface area contributed by atoms with Crippen molar-refractivity contribution in [3.8, 4) is 17.3 Å². The van der Waals surface area contributed by atoms with E-state index >= 15 is 0 Å². The summed E-state index contributed by atoms with van der Waals surface area (Å²) in [6.45, 7) is 1.91. The van der Waals surface area contributed by atoms with Gasteiger partial charge in [0.2, 0.25) is 0 Å². The molecule has 0 unspecified atom stereocenters. The quantitative estimate of drug-likeness (QED) is 0.594. The summed E-state index contributed by atoms with van der Waals surface area (Å²) in [4.78, 5) is 0. The maximum Gasteiger partial charge on any atom is 0.134 e. The van der Waals surface area contributed by atoms with Gasteiger partial charge in [-0.25, -0.2) is 13.2 Å². The molecule has 2 aromatic carbocycles. The second-order valence-corrected chi connectivity index (χ2v) is 8.72. The number of fused-ring (bicyclic) bond motifs is 2. The van der Waals surface area contributed by atoms with E-state index in [4.69, 9.17) is 0 Å². The molecule has 0 saturated heterocycles. The number of hydrogen-bond donors (Lipinski definition) is 1. The third-order valence-electron chi connectivity index (χ3n) is 6.88. The van der Waals surface area contributed by atoms with E-state index < -0.39 is 24.3 Å². The Morgan fingerprint density at radius 2 is 1.94 bits per heavy atom. The number of rotatable bonds is 2. The Morgan fingerprint density at radius 1 is 1.16 bits per heavy atom. The van der Waals surface area contributed by atoms with Crippen LogP contribution in [0.25, 0.3) is 11.3 Å². The van der Waals surface area contributed by atoms with Gasteiger partial charge in [0.15, 0.2) is 0 Å². The first-order valence-corrected chi connectivity index (χ1v) is 10.7. The van der Waals surface area contributed by atoms with Crippen molar-refractivity contribution in [3.05, 3.63) is 75.2 Å². The molecular weight excluding hydrogens is 415 g/mol. The summed E-state index contributed by atoms with van der Waals surface area (Å²) in [5.74, 6) is -1.02. The molecule has 0 saturated carbocycles. The zero-order chi connectivity index (χ0) is 22.7. The standard InChI is InChI=1S/C25H22F3N3O/c1-12-11-30-31(2)24(12)17-4-3-15(18-9-21(28)25(32)23(17)18)16-5-6-20(27)19-8-14(26)7-13(10-29)22(16)19/h3-4,7-8,11,16,20-21,25,32H,5-6,9H2,1-2H3/t16-,20+,21-,25-/m1/s1. The Kier molecular flexibility index (Phi) is 4.86. The summed E-state index contributed by atoms with van der Waals surface area (Å²) < 4.78 is 45.3. The Labute approximate surface area is 183 Å². The molecule has 1 N–H and O–H groups in total. The third-order valence-corrected chi connectivity index (χ3v) is 6.88. The molecule has 1 aromatic heterocycles. The van der Waals surface area contributed by atoms with Crippen molar-refractivity contribution in [2.75, 3.05) is 0 Å². The number of aliphatic hydroxyl groups excluding tert-OH is 1. The third kappa shape index (κ3) is 2.97. The minimum absolute atomic E-state index is 0.0323. The zero-order valence-electron chi connectivity index (χ0n) is 17.7. The van der Waals surface area contributed by atoms with Crippen LogP contribution in [0.15, 0.2) is 30.5 Å². The summed E-state index contributed by atoms with van der Waals surface area (Å²) >= 11 is 0. The maximum atomic E-state index is 14.8. The molecule has 4 atom stereocenters. The van der Waals surface area contributed by atoms with E-state index in [-0.39, 0.29) is 29.9 Å². The van der Waals surface area contributed by atoms with E-state index in [1.165, 1.54) is 0 Å². The van der Waals surface area contributed by atoms with E-state index in [9.17, 15) is 23.5 Å². The van der Waals surface area contributed by atoms with Crippen molar-refractivity contribution in [2.24, 2.45) is 7.05 Å². The van der Waals surface area contributed by atoms with E-state index in [1.54, 1.807) is 17.9 Å². The number of alkyl halides is 2. The van der Waals surface area contributed by atoms with Gasteiger partial charge in [-0.1, -0.05) is 12.1 Å². The zero-order valence-corrected chi connectivity index (χ0v) is 17.7. The number of halogens is 3. The Bertz CT molecular complexity index is 1260. The van der Waals surface area contributed by atoms with Gasteiger partial charge < -0.3 is 5.11 Å². The molecule has 0 bridgehead atoms. The van der Waals surface area contributed by atoms with Gasteiger partial charge in [0.25, 0.3) is 0 Å². The maximum absolute atomic E-state index is 14.8. The molecule has 32 heavy (non-hydrogen) atoms. The Balaban J connectivity index is 1.75. The molecule has 164 valence electrons. The molecule has 0 radical (unpaired) electrons. The number of aliphatic hydroxyl groups is 1. The summed E-state index contributed by atoms with van der Waals surface area (Å²) in [6, 6.07) is 8.02. The van der Waals surface area contributed by atoms with Crippen molar-refractivity contribution < 1.29 is 18.3 Å². The van der Waals surface area contributed by atoms with Gasteiger partial charge in [-0.05, 0) is 65.3 Å². The second kappa shape index (κ2) is 7.49. The van der Waals surface area contributed by atoms with Crippen LogP contribution in [0.3, 0.4) is 0 Å². The molecule has 5 rings (SSSR count). The fraction of sp³-hybridized carbons (Fsp3) is 0.360. The van der Waals surface area contributed by atoms with Gasteiger partial charge in [0.1, 0.15) is 24.3 Å². The van der Waals surface area contributed by atoms with Crippen molar-refractivity contribution in [1.82, 2.24) is 9.78 Å². The van der Waals surface area contributed by atoms with Crippen LogP contribution in [0.5, 0.6) is 0 Å². The molecular formula is C25H22F3N3O. The number of aryl methyl sites for hydroxylation is 2. The van der Waals surface area contributed by atoms with Gasteiger partial charge in [-0.2, -0.15) is 10.4 Å². The number of aromatic nitrogens is 2. The van der Waals surface area contributed by atoms with Crippen LogP contribution in [0.2, 0.25) is 0 Å². The van der Waals surface area contributed by atoms with Crippen LogP contribution in [0, 0.1) is 24.1 Å². The highest BCUT2D eigenvalue weighted by Gasteiger charge is 2.39. The Hall–Kier alpha value is -3.11. The van der Waals surface area contributed by atoms with Gasteiger partial charge >= 0.3 is 0 Å². The average molecular weight is 437 g/mol. The molecule has 4 nitrogen and oxygen atoms in total. The van der Waals surface area contributed by atoms with Gasteiger partial charge in [-0.15, -0.1) is 0 Å². The molecule has 7 heteroatoms. The highest BCUT2D eigenvalue weighted by molar-refractivity contribution is 5.72. The van der Waals surface area contributed by atoms with Crippen LogP contribution in [0.4, 0.5) is 13.2 Å². The molecule has 0 spiro atoms. The van der Waals surface area contributed by atoms with Crippen LogP contribution in [0.1, 0.15) is 70.0 Å². The van der Waals surface area contributed by atoms with Crippen molar-refractivity contribution >= 4 is 0 Å². The first kappa shape index (κ1) is 20.8. The second-order valence-electron chi connectivity index (χ2n) is 8.72. The van der Waals surface area contributed by atoms with E-state index in [0.717, 1.165) is 29.0 Å². The van der Waals surface area contributed by atoms with Crippen molar-refractivity contribution in [2.45, 2.75) is 50.6 Å². The number of nitriles is 1. The highest BCUT2D eigenvalue weighted by atomic mass is 19.1.